The SMILES string of the molecule is CCS(=O)(=O)N(C)c1ccc(C(=O)Nc2ccc(S(=O)(=O)Nc3cc(Cl)ccc3C)cc2)cc1. The standard InChI is InChI=1S/C23H24ClN3O5S2/c1-4-33(29,30)27(3)20-11-6-17(7-12-20)23(28)25-19-9-13-21(14-10-19)34(31,32)26-22-15-18(24)8-5-16(22)2/h5-15,26H,4H2,1-3H3,(H,25,28). The van der Waals surface area contributed by atoms with Gasteiger partial charge in [0, 0.05) is 23.3 Å². The number of hydrogen-bond acceptors (Lipinski definition) is 5. The van der Waals surface area contributed by atoms with Gasteiger partial charge in [-0.05, 0) is 80.1 Å². The van der Waals surface area contributed by atoms with Gasteiger partial charge in [0.2, 0.25) is 10.0 Å². The number of carbonyl (C=O) groups is 1. The van der Waals surface area contributed by atoms with Gasteiger partial charge in [0.1, 0.15) is 0 Å². The average Bonchev–Trinajstić information content (AvgIpc) is 2.81. The molecular formula is C23H24ClN3O5S2. The van der Waals surface area contributed by atoms with Crippen LogP contribution in [-0.2, 0) is 20.0 Å². The number of hydrogen-bond donors (Lipinski definition) is 2. The van der Waals surface area contributed by atoms with Gasteiger partial charge in [-0.3, -0.25) is 13.8 Å². The van der Waals surface area contributed by atoms with E-state index in [0.717, 1.165) is 9.87 Å². The molecule has 0 saturated carbocycles. The summed E-state index contributed by atoms with van der Waals surface area (Å²) in [6.07, 6.45) is 0. The van der Waals surface area contributed by atoms with Gasteiger partial charge >= 0.3 is 0 Å². The summed E-state index contributed by atoms with van der Waals surface area (Å²) in [7, 11) is -5.80. The Morgan fingerprint density at radius 1 is 0.941 bits per heavy atom. The smallest absolute Gasteiger partial charge is 0.261 e. The van der Waals surface area contributed by atoms with E-state index < -0.39 is 26.0 Å². The summed E-state index contributed by atoms with van der Waals surface area (Å²) in [5.41, 5.74) is 2.26. The van der Waals surface area contributed by atoms with Crippen molar-refractivity contribution < 1.29 is 21.6 Å². The molecule has 0 fully saturated rings. The lowest BCUT2D eigenvalue weighted by molar-refractivity contribution is 0.102. The first-order chi connectivity index (χ1) is 15.9. The zero-order valence-electron chi connectivity index (χ0n) is 18.7. The Balaban J connectivity index is 1.70. The van der Waals surface area contributed by atoms with Gasteiger partial charge in [0.15, 0.2) is 0 Å². The van der Waals surface area contributed by atoms with Gasteiger partial charge in [-0.25, -0.2) is 16.8 Å². The molecule has 3 aromatic carbocycles. The van der Waals surface area contributed by atoms with Crippen molar-refractivity contribution in [3.8, 4) is 0 Å². The molecule has 0 unspecified atom stereocenters. The fourth-order valence-electron chi connectivity index (χ4n) is 3.01. The van der Waals surface area contributed by atoms with Crippen LogP contribution in [0.1, 0.15) is 22.8 Å². The van der Waals surface area contributed by atoms with Crippen LogP contribution in [0, 0.1) is 6.92 Å². The summed E-state index contributed by atoms with van der Waals surface area (Å²) in [6, 6.07) is 16.8. The Bertz CT molecular complexity index is 1410. The van der Waals surface area contributed by atoms with E-state index in [0.29, 0.717) is 27.6 Å². The maximum absolute atomic E-state index is 12.7. The van der Waals surface area contributed by atoms with Gasteiger partial charge in [-0.1, -0.05) is 17.7 Å². The maximum atomic E-state index is 12.7. The zero-order valence-corrected chi connectivity index (χ0v) is 21.1. The Labute approximate surface area is 204 Å². The normalized spacial score (nSPS) is 11.6. The molecule has 0 saturated heterocycles. The predicted octanol–water partition coefficient (Wildman–Crippen LogP) is 4.49. The van der Waals surface area contributed by atoms with Crippen LogP contribution in [0.2, 0.25) is 5.02 Å². The fourth-order valence-corrected chi connectivity index (χ4v) is 5.13. The van der Waals surface area contributed by atoms with E-state index >= 15 is 0 Å². The number of nitrogens with zero attached hydrogens (tertiary/aromatic N) is 1. The summed E-state index contributed by atoms with van der Waals surface area (Å²) in [5.74, 6) is -0.457. The highest BCUT2D eigenvalue weighted by molar-refractivity contribution is 7.93. The van der Waals surface area contributed by atoms with Crippen LogP contribution in [0.25, 0.3) is 0 Å². The molecule has 0 aliphatic rings. The molecule has 3 aromatic rings. The summed E-state index contributed by atoms with van der Waals surface area (Å²) in [4.78, 5) is 12.6. The second-order valence-corrected chi connectivity index (χ2v) is 11.9. The molecule has 0 spiro atoms. The van der Waals surface area contributed by atoms with Crippen molar-refractivity contribution in [3.05, 3.63) is 82.9 Å². The van der Waals surface area contributed by atoms with Gasteiger partial charge in [0.25, 0.3) is 15.9 Å². The molecule has 8 nitrogen and oxygen atoms in total. The Kier molecular flexibility index (Phi) is 7.54. The van der Waals surface area contributed by atoms with E-state index in [1.165, 1.54) is 49.5 Å². The van der Waals surface area contributed by atoms with E-state index in [1.807, 2.05) is 0 Å². The number of nitrogens with one attached hydrogen (secondary N) is 2. The Hall–Kier alpha value is -3.08. The lowest BCUT2D eigenvalue weighted by atomic mass is 10.2. The van der Waals surface area contributed by atoms with Crippen molar-refractivity contribution in [2.75, 3.05) is 27.1 Å². The number of aryl methyl sites for hydroxylation is 1. The summed E-state index contributed by atoms with van der Waals surface area (Å²) in [6.45, 7) is 3.32. The fraction of sp³-hybridized carbons (Fsp3) is 0.174. The van der Waals surface area contributed by atoms with Crippen molar-refractivity contribution in [1.29, 1.82) is 0 Å². The van der Waals surface area contributed by atoms with E-state index in [4.69, 9.17) is 11.6 Å². The summed E-state index contributed by atoms with van der Waals surface area (Å²) in [5, 5.41) is 3.10. The number of rotatable bonds is 8. The minimum atomic E-state index is -3.85. The molecule has 2 N–H and O–H groups in total. The number of carbonyl (C=O) groups excluding carboxylic acids is 1. The van der Waals surface area contributed by atoms with Crippen molar-refractivity contribution in [3.63, 3.8) is 0 Å². The van der Waals surface area contributed by atoms with E-state index in [1.54, 1.807) is 38.1 Å². The van der Waals surface area contributed by atoms with Crippen LogP contribution in [0.15, 0.2) is 71.6 Å². The first-order valence-electron chi connectivity index (χ1n) is 10.2. The third-order valence-corrected chi connectivity index (χ3v) is 8.53. The molecule has 34 heavy (non-hydrogen) atoms. The van der Waals surface area contributed by atoms with Crippen molar-refractivity contribution >= 4 is 54.6 Å². The highest BCUT2D eigenvalue weighted by atomic mass is 35.5. The summed E-state index contributed by atoms with van der Waals surface area (Å²) >= 11 is 5.96. The first-order valence-corrected chi connectivity index (χ1v) is 13.7. The van der Waals surface area contributed by atoms with E-state index in [-0.39, 0.29) is 10.6 Å². The third kappa shape index (κ3) is 5.88. The van der Waals surface area contributed by atoms with E-state index in [9.17, 15) is 21.6 Å². The molecule has 1 amide bonds. The molecule has 0 heterocycles. The van der Waals surface area contributed by atoms with Gasteiger partial charge in [0.05, 0.1) is 22.0 Å². The first kappa shape index (κ1) is 25.5. The molecule has 0 aliphatic carbocycles. The van der Waals surface area contributed by atoms with E-state index in [2.05, 4.69) is 10.0 Å². The molecule has 3 rings (SSSR count). The summed E-state index contributed by atoms with van der Waals surface area (Å²) < 4.78 is 53.1. The van der Waals surface area contributed by atoms with Crippen molar-refractivity contribution in [1.82, 2.24) is 0 Å². The zero-order chi connectivity index (χ0) is 25.1. The number of anilines is 3. The van der Waals surface area contributed by atoms with Crippen LogP contribution >= 0.6 is 11.6 Å². The van der Waals surface area contributed by atoms with Gasteiger partial charge in [-0.15, -0.1) is 0 Å². The number of benzene rings is 3. The second-order valence-electron chi connectivity index (χ2n) is 7.46. The minimum Gasteiger partial charge on any atom is -0.322 e. The average molecular weight is 522 g/mol. The number of amides is 1. The second kappa shape index (κ2) is 10.0. The predicted molar refractivity (Wildman–Crippen MR) is 136 cm³/mol. The molecule has 0 atom stereocenters. The molecule has 0 bridgehead atoms. The largest absolute Gasteiger partial charge is 0.322 e. The Morgan fingerprint density at radius 3 is 2.15 bits per heavy atom. The van der Waals surface area contributed by atoms with Crippen molar-refractivity contribution in [2.24, 2.45) is 0 Å². The van der Waals surface area contributed by atoms with Crippen molar-refractivity contribution in [2.45, 2.75) is 18.7 Å². The lowest BCUT2D eigenvalue weighted by Gasteiger charge is -2.18. The Morgan fingerprint density at radius 2 is 1.56 bits per heavy atom. The van der Waals surface area contributed by atoms with Gasteiger partial charge < -0.3 is 5.32 Å². The lowest BCUT2D eigenvalue weighted by Crippen LogP contribution is -2.28. The highest BCUT2D eigenvalue weighted by Gasteiger charge is 2.18. The molecule has 11 heteroatoms. The monoisotopic (exact) mass is 521 g/mol. The highest BCUT2D eigenvalue weighted by Crippen LogP contribution is 2.24. The van der Waals surface area contributed by atoms with Crippen LogP contribution in [0.4, 0.5) is 17.1 Å². The van der Waals surface area contributed by atoms with Crippen LogP contribution in [-0.4, -0.2) is 35.5 Å². The number of sulfonamides is 2. The van der Waals surface area contributed by atoms with Crippen LogP contribution < -0.4 is 14.3 Å². The topological polar surface area (TPSA) is 113 Å². The minimum absolute atomic E-state index is 0.0226. The molecular weight excluding hydrogens is 498 g/mol. The molecule has 0 radical (unpaired) electrons. The third-order valence-electron chi connectivity index (χ3n) is 5.14. The maximum Gasteiger partial charge on any atom is 0.261 e. The van der Waals surface area contributed by atoms with Gasteiger partial charge in [-0.2, -0.15) is 0 Å². The van der Waals surface area contributed by atoms with Crippen LogP contribution in [0.5, 0.6) is 0 Å². The van der Waals surface area contributed by atoms with Crippen LogP contribution in [0.3, 0.4) is 0 Å². The molecule has 0 aromatic heterocycles. The number of halogens is 1. The quantitative estimate of drug-likeness (QED) is 0.453. The molecule has 180 valence electrons. The molecule has 0 aliphatic heterocycles.